The van der Waals surface area contributed by atoms with Crippen LogP contribution in [-0.2, 0) is 10.3 Å². The number of benzene rings is 1. The fraction of sp³-hybridized carbons (Fsp3) is 0.444. The number of nitrogens with zero attached hydrogens (tertiary/aromatic N) is 2. The number of carbonyl (C=O) groups is 1. The standard InChI is InChI=1S/C18H23FN4O.ClH/c1-14(15-3-5-16(19)6-4-15)13-21-17(24)18(7-10-20-11-8-18)23-12-2-9-22-23;/h2-6,9,12,14,20H,7-8,10-11,13H2,1H3,(H,21,24);1H. The lowest BCUT2D eigenvalue weighted by atomic mass is 9.87. The molecule has 7 heteroatoms. The van der Waals surface area contributed by atoms with Crippen LogP contribution in [0.25, 0.3) is 0 Å². The molecule has 1 aromatic heterocycles. The summed E-state index contributed by atoms with van der Waals surface area (Å²) in [6.07, 6.45) is 4.99. The molecule has 1 aliphatic heterocycles. The van der Waals surface area contributed by atoms with Crippen LogP contribution in [-0.4, -0.2) is 35.3 Å². The molecule has 0 saturated carbocycles. The summed E-state index contributed by atoms with van der Waals surface area (Å²) in [4.78, 5) is 12.9. The molecule has 1 atom stereocenters. The molecule has 0 aliphatic carbocycles. The highest BCUT2D eigenvalue weighted by molar-refractivity contribution is 5.85. The van der Waals surface area contributed by atoms with E-state index in [1.165, 1.54) is 12.1 Å². The van der Waals surface area contributed by atoms with Crippen molar-refractivity contribution in [1.82, 2.24) is 20.4 Å². The molecule has 1 amide bonds. The first-order valence-corrected chi connectivity index (χ1v) is 8.36. The highest BCUT2D eigenvalue weighted by atomic mass is 35.5. The van der Waals surface area contributed by atoms with Crippen molar-refractivity contribution < 1.29 is 9.18 Å². The van der Waals surface area contributed by atoms with Gasteiger partial charge in [0.2, 0.25) is 5.91 Å². The van der Waals surface area contributed by atoms with Crippen molar-refractivity contribution in [3.63, 3.8) is 0 Å². The molecule has 2 heterocycles. The maximum atomic E-state index is 13.0. The Kier molecular flexibility index (Phi) is 6.56. The van der Waals surface area contributed by atoms with E-state index in [0.29, 0.717) is 19.4 Å². The minimum Gasteiger partial charge on any atom is -0.353 e. The van der Waals surface area contributed by atoms with E-state index in [2.05, 4.69) is 15.7 Å². The lowest BCUT2D eigenvalue weighted by molar-refractivity contribution is -0.132. The number of hydrogen-bond acceptors (Lipinski definition) is 3. The zero-order chi connectivity index (χ0) is 17.0. The molecule has 5 nitrogen and oxygen atoms in total. The fourth-order valence-corrected chi connectivity index (χ4v) is 3.24. The van der Waals surface area contributed by atoms with Crippen LogP contribution in [0.3, 0.4) is 0 Å². The van der Waals surface area contributed by atoms with Crippen molar-refractivity contribution in [3.8, 4) is 0 Å². The van der Waals surface area contributed by atoms with E-state index in [-0.39, 0.29) is 30.0 Å². The van der Waals surface area contributed by atoms with E-state index >= 15 is 0 Å². The first-order valence-electron chi connectivity index (χ1n) is 8.36. The Bertz CT molecular complexity index is 669. The van der Waals surface area contributed by atoms with Gasteiger partial charge in [0, 0.05) is 18.9 Å². The molecule has 1 aliphatic rings. The van der Waals surface area contributed by atoms with Crippen LogP contribution in [0.5, 0.6) is 0 Å². The van der Waals surface area contributed by atoms with Gasteiger partial charge in [-0.2, -0.15) is 5.10 Å². The van der Waals surface area contributed by atoms with Crippen LogP contribution in [0.2, 0.25) is 0 Å². The van der Waals surface area contributed by atoms with Crippen molar-refractivity contribution in [2.24, 2.45) is 0 Å². The highest BCUT2D eigenvalue weighted by Crippen LogP contribution is 2.27. The summed E-state index contributed by atoms with van der Waals surface area (Å²) in [7, 11) is 0. The number of amides is 1. The van der Waals surface area contributed by atoms with Gasteiger partial charge >= 0.3 is 0 Å². The monoisotopic (exact) mass is 366 g/mol. The zero-order valence-corrected chi connectivity index (χ0v) is 15.1. The maximum Gasteiger partial charge on any atom is 0.248 e. The van der Waals surface area contributed by atoms with Gasteiger partial charge in [0.25, 0.3) is 0 Å². The molecule has 2 aromatic rings. The van der Waals surface area contributed by atoms with Gasteiger partial charge in [-0.25, -0.2) is 4.39 Å². The van der Waals surface area contributed by atoms with Crippen LogP contribution in [0.4, 0.5) is 4.39 Å². The highest BCUT2D eigenvalue weighted by Gasteiger charge is 2.41. The molecular weight excluding hydrogens is 343 g/mol. The first kappa shape index (κ1) is 19.4. The van der Waals surface area contributed by atoms with Gasteiger partial charge in [-0.1, -0.05) is 19.1 Å². The van der Waals surface area contributed by atoms with Crippen LogP contribution in [0, 0.1) is 5.82 Å². The van der Waals surface area contributed by atoms with Crippen LogP contribution >= 0.6 is 12.4 Å². The predicted molar refractivity (Wildman–Crippen MR) is 97.4 cm³/mol. The Morgan fingerprint density at radius 1 is 1.36 bits per heavy atom. The number of hydrogen-bond donors (Lipinski definition) is 2. The van der Waals surface area contributed by atoms with Crippen molar-refractivity contribution >= 4 is 18.3 Å². The normalized spacial score (nSPS) is 17.4. The van der Waals surface area contributed by atoms with Crippen molar-refractivity contribution in [3.05, 3.63) is 54.1 Å². The van der Waals surface area contributed by atoms with E-state index in [4.69, 9.17) is 0 Å². The van der Waals surface area contributed by atoms with Crippen molar-refractivity contribution in [1.29, 1.82) is 0 Å². The molecular formula is C18H24ClFN4O. The number of rotatable bonds is 5. The van der Waals surface area contributed by atoms with Gasteiger partial charge < -0.3 is 10.6 Å². The second-order valence-corrected chi connectivity index (χ2v) is 6.39. The molecule has 1 fully saturated rings. The molecule has 1 saturated heterocycles. The van der Waals surface area contributed by atoms with Gasteiger partial charge in [-0.05, 0) is 55.6 Å². The summed E-state index contributed by atoms with van der Waals surface area (Å²) in [6, 6.07) is 8.27. The van der Waals surface area contributed by atoms with Gasteiger partial charge in [-0.15, -0.1) is 12.4 Å². The summed E-state index contributed by atoms with van der Waals surface area (Å²) < 4.78 is 14.8. The summed E-state index contributed by atoms with van der Waals surface area (Å²) in [5.41, 5.74) is 0.382. The third kappa shape index (κ3) is 4.19. The lowest BCUT2D eigenvalue weighted by Gasteiger charge is -2.36. The van der Waals surface area contributed by atoms with E-state index in [9.17, 15) is 9.18 Å². The van der Waals surface area contributed by atoms with E-state index in [0.717, 1.165) is 18.7 Å². The summed E-state index contributed by atoms with van der Waals surface area (Å²) in [5, 5.41) is 10.7. The average molecular weight is 367 g/mol. The van der Waals surface area contributed by atoms with Gasteiger partial charge in [-0.3, -0.25) is 9.48 Å². The smallest absolute Gasteiger partial charge is 0.248 e. The number of halogens is 2. The summed E-state index contributed by atoms with van der Waals surface area (Å²) in [6.45, 7) is 4.12. The summed E-state index contributed by atoms with van der Waals surface area (Å²) >= 11 is 0. The second kappa shape index (κ2) is 8.45. The quantitative estimate of drug-likeness (QED) is 0.854. The van der Waals surface area contributed by atoms with Crippen molar-refractivity contribution in [2.75, 3.05) is 19.6 Å². The number of nitrogens with one attached hydrogen (secondary N) is 2. The molecule has 1 aromatic carbocycles. The Labute approximate surface area is 153 Å². The minimum absolute atomic E-state index is 0. The zero-order valence-electron chi connectivity index (χ0n) is 14.2. The number of piperidine rings is 1. The third-order valence-electron chi connectivity index (χ3n) is 4.80. The van der Waals surface area contributed by atoms with Crippen LogP contribution in [0.15, 0.2) is 42.7 Å². The molecule has 3 rings (SSSR count). The first-order chi connectivity index (χ1) is 11.6. The molecule has 0 bridgehead atoms. The Hall–Kier alpha value is -1.92. The molecule has 25 heavy (non-hydrogen) atoms. The van der Waals surface area contributed by atoms with Gasteiger partial charge in [0.15, 0.2) is 0 Å². The minimum atomic E-state index is -0.628. The molecule has 1 unspecified atom stereocenters. The van der Waals surface area contributed by atoms with Gasteiger partial charge in [0.1, 0.15) is 11.4 Å². The largest absolute Gasteiger partial charge is 0.353 e. The third-order valence-corrected chi connectivity index (χ3v) is 4.80. The fourth-order valence-electron chi connectivity index (χ4n) is 3.24. The summed E-state index contributed by atoms with van der Waals surface area (Å²) in [5.74, 6) is -0.130. The molecule has 0 radical (unpaired) electrons. The lowest BCUT2D eigenvalue weighted by Crippen LogP contribution is -2.55. The van der Waals surface area contributed by atoms with Crippen molar-refractivity contribution in [2.45, 2.75) is 31.2 Å². The van der Waals surface area contributed by atoms with Crippen LogP contribution < -0.4 is 10.6 Å². The number of aromatic nitrogens is 2. The average Bonchev–Trinajstić information content (AvgIpc) is 3.15. The van der Waals surface area contributed by atoms with E-state index in [1.54, 1.807) is 23.0 Å². The second-order valence-electron chi connectivity index (χ2n) is 6.39. The topological polar surface area (TPSA) is 59.0 Å². The SMILES string of the molecule is CC(CNC(=O)C1(n2cccn2)CCNCC1)c1ccc(F)cc1.Cl. The molecule has 2 N–H and O–H groups in total. The Morgan fingerprint density at radius 2 is 2.04 bits per heavy atom. The Morgan fingerprint density at radius 3 is 2.64 bits per heavy atom. The number of carbonyl (C=O) groups excluding carboxylic acids is 1. The van der Waals surface area contributed by atoms with E-state index in [1.807, 2.05) is 19.2 Å². The van der Waals surface area contributed by atoms with Crippen LogP contribution in [0.1, 0.15) is 31.2 Å². The maximum absolute atomic E-state index is 13.0. The Balaban J connectivity index is 0.00000225. The van der Waals surface area contributed by atoms with E-state index < -0.39 is 5.54 Å². The predicted octanol–water partition coefficient (Wildman–Crippen LogP) is 2.44. The molecule has 0 spiro atoms. The molecule has 136 valence electrons. The van der Waals surface area contributed by atoms with Gasteiger partial charge in [0.05, 0.1) is 0 Å².